The second-order valence-electron chi connectivity index (χ2n) is 6.86. The summed E-state index contributed by atoms with van der Waals surface area (Å²) >= 11 is 0. The number of rotatable bonds is 5. The van der Waals surface area contributed by atoms with E-state index in [2.05, 4.69) is 21.2 Å². The number of piperazine rings is 1. The van der Waals surface area contributed by atoms with E-state index in [-0.39, 0.29) is 5.54 Å². The summed E-state index contributed by atoms with van der Waals surface area (Å²) in [4.78, 5) is 5.19. The Balaban J connectivity index is 1.51. The largest absolute Gasteiger partial charge is 0.301 e. The highest BCUT2D eigenvalue weighted by atomic mass is 15.3. The lowest BCUT2D eigenvalue weighted by Gasteiger charge is -2.41. The molecule has 0 aromatic rings. The van der Waals surface area contributed by atoms with Gasteiger partial charge in [-0.25, -0.2) is 0 Å². The van der Waals surface area contributed by atoms with Crippen LogP contribution in [0.15, 0.2) is 0 Å². The first-order valence-corrected chi connectivity index (χ1v) is 8.34. The van der Waals surface area contributed by atoms with Crippen LogP contribution in [0, 0.1) is 17.2 Å². The SMILES string of the molecule is CNC(C#N)(CN1CCN(C2CCCC2)CC1)C1CC1. The van der Waals surface area contributed by atoms with Gasteiger partial charge in [-0.1, -0.05) is 12.8 Å². The number of nitriles is 1. The molecule has 2 saturated carbocycles. The molecule has 2 aliphatic carbocycles. The minimum atomic E-state index is -0.296. The molecule has 1 atom stereocenters. The number of hydrogen-bond donors (Lipinski definition) is 1. The molecule has 3 aliphatic rings. The Kier molecular flexibility index (Phi) is 4.30. The fraction of sp³-hybridized carbons (Fsp3) is 0.938. The van der Waals surface area contributed by atoms with Crippen molar-refractivity contribution in [2.45, 2.75) is 50.1 Å². The first-order valence-electron chi connectivity index (χ1n) is 8.34. The molecule has 3 rings (SSSR count). The third-order valence-corrected chi connectivity index (χ3v) is 5.64. The monoisotopic (exact) mass is 276 g/mol. The molecule has 1 aliphatic heterocycles. The lowest BCUT2D eigenvalue weighted by atomic mass is 9.94. The molecular formula is C16H28N4. The normalized spacial score (nSPS) is 29.2. The van der Waals surface area contributed by atoms with Crippen molar-refractivity contribution in [1.82, 2.24) is 15.1 Å². The van der Waals surface area contributed by atoms with Crippen LogP contribution in [0.1, 0.15) is 38.5 Å². The van der Waals surface area contributed by atoms with Gasteiger partial charge in [-0.2, -0.15) is 5.26 Å². The number of likely N-dealkylation sites (N-methyl/N-ethyl adjacent to an activating group) is 1. The maximum atomic E-state index is 9.59. The van der Waals surface area contributed by atoms with Gasteiger partial charge in [0.1, 0.15) is 5.54 Å². The molecule has 0 aromatic carbocycles. The summed E-state index contributed by atoms with van der Waals surface area (Å²) in [7, 11) is 1.95. The lowest BCUT2D eigenvalue weighted by molar-refractivity contribution is 0.0820. The minimum Gasteiger partial charge on any atom is -0.301 e. The van der Waals surface area contributed by atoms with Crippen LogP contribution in [0.3, 0.4) is 0 Å². The van der Waals surface area contributed by atoms with E-state index in [1.165, 1.54) is 51.6 Å². The fourth-order valence-electron chi connectivity index (χ4n) is 4.08. The standard InChI is InChI=1S/C16H28N4/c1-18-16(12-17,14-6-7-14)13-19-8-10-20(11-9-19)15-4-2-3-5-15/h14-15,18H,2-11,13H2,1H3. The number of hydrogen-bond acceptors (Lipinski definition) is 4. The summed E-state index contributed by atoms with van der Waals surface area (Å²) in [5, 5.41) is 12.9. The molecule has 0 bridgehead atoms. The van der Waals surface area contributed by atoms with E-state index < -0.39 is 0 Å². The third-order valence-electron chi connectivity index (χ3n) is 5.64. The van der Waals surface area contributed by atoms with Gasteiger partial charge in [-0.3, -0.25) is 9.80 Å². The molecule has 4 nitrogen and oxygen atoms in total. The highest BCUT2D eigenvalue weighted by molar-refractivity contribution is 5.16. The highest BCUT2D eigenvalue weighted by Gasteiger charge is 2.46. The summed E-state index contributed by atoms with van der Waals surface area (Å²) in [6.07, 6.45) is 8.09. The van der Waals surface area contributed by atoms with Gasteiger partial charge in [0, 0.05) is 38.8 Å². The maximum Gasteiger partial charge on any atom is 0.122 e. The van der Waals surface area contributed by atoms with Crippen molar-refractivity contribution < 1.29 is 0 Å². The Morgan fingerprint density at radius 3 is 2.25 bits per heavy atom. The average Bonchev–Trinajstić information content (AvgIpc) is 3.21. The zero-order valence-electron chi connectivity index (χ0n) is 12.8. The molecular weight excluding hydrogens is 248 g/mol. The molecule has 1 heterocycles. The molecule has 1 saturated heterocycles. The van der Waals surface area contributed by atoms with Gasteiger partial charge < -0.3 is 5.32 Å². The molecule has 0 aromatic heterocycles. The second kappa shape index (κ2) is 6.01. The Morgan fingerprint density at radius 1 is 1.10 bits per heavy atom. The highest BCUT2D eigenvalue weighted by Crippen LogP contribution is 2.39. The van der Waals surface area contributed by atoms with Gasteiger partial charge in [0.15, 0.2) is 0 Å². The van der Waals surface area contributed by atoms with Crippen molar-refractivity contribution in [2.24, 2.45) is 5.92 Å². The molecule has 1 N–H and O–H groups in total. The van der Waals surface area contributed by atoms with Crippen LogP contribution in [0.25, 0.3) is 0 Å². The molecule has 112 valence electrons. The van der Waals surface area contributed by atoms with E-state index in [9.17, 15) is 5.26 Å². The third kappa shape index (κ3) is 2.86. The number of nitrogens with zero attached hydrogens (tertiary/aromatic N) is 3. The minimum absolute atomic E-state index is 0.296. The summed E-state index contributed by atoms with van der Waals surface area (Å²) < 4.78 is 0. The van der Waals surface area contributed by atoms with Crippen LogP contribution in [0.2, 0.25) is 0 Å². The van der Waals surface area contributed by atoms with Crippen molar-refractivity contribution in [3.8, 4) is 6.07 Å². The topological polar surface area (TPSA) is 42.3 Å². The van der Waals surface area contributed by atoms with E-state index in [0.29, 0.717) is 5.92 Å². The first-order chi connectivity index (χ1) is 9.77. The van der Waals surface area contributed by atoms with Gasteiger partial charge in [0.25, 0.3) is 0 Å². The van der Waals surface area contributed by atoms with Gasteiger partial charge in [0.2, 0.25) is 0 Å². The Bertz CT molecular complexity index is 359. The van der Waals surface area contributed by atoms with Gasteiger partial charge >= 0.3 is 0 Å². The van der Waals surface area contributed by atoms with Crippen LogP contribution in [-0.2, 0) is 0 Å². The zero-order chi connectivity index (χ0) is 14.0. The van der Waals surface area contributed by atoms with E-state index in [1.54, 1.807) is 0 Å². The molecule has 0 spiro atoms. The van der Waals surface area contributed by atoms with Crippen molar-refractivity contribution in [3.05, 3.63) is 0 Å². The Labute approximate surface area is 123 Å². The van der Waals surface area contributed by atoms with Crippen LogP contribution < -0.4 is 5.32 Å². The van der Waals surface area contributed by atoms with Crippen LogP contribution in [0.5, 0.6) is 0 Å². The molecule has 0 amide bonds. The van der Waals surface area contributed by atoms with Crippen molar-refractivity contribution in [1.29, 1.82) is 5.26 Å². The maximum absolute atomic E-state index is 9.59. The van der Waals surface area contributed by atoms with Gasteiger partial charge in [-0.05, 0) is 38.6 Å². The summed E-state index contributed by atoms with van der Waals surface area (Å²) in [5.41, 5.74) is -0.296. The Hall–Kier alpha value is -0.630. The van der Waals surface area contributed by atoms with Crippen molar-refractivity contribution in [3.63, 3.8) is 0 Å². The van der Waals surface area contributed by atoms with Crippen molar-refractivity contribution >= 4 is 0 Å². The Morgan fingerprint density at radius 2 is 1.75 bits per heavy atom. The van der Waals surface area contributed by atoms with Crippen molar-refractivity contribution in [2.75, 3.05) is 39.8 Å². The summed E-state index contributed by atoms with van der Waals surface area (Å²) in [6.45, 7) is 5.56. The fourth-order valence-corrected chi connectivity index (χ4v) is 4.08. The lowest BCUT2D eigenvalue weighted by Crippen LogP contribution is -2.57. The van der Waals surface area contributed by atoms with Crippen LogP contribution >= 0.6 is 0 Å². The van der Waals surface area contributed by atoms with Gasteiger partial charge in [0.05, 0.1) is 6.07 Å². The molecule has 4 heteroatoms. The predicted octanol–water partition coefficient (Wildman–Crippen LogP) is 1.44. The first kappa shape index (κ1) is 14.3. The molecule has 0 radical (unpaired) electrons. The molecule has 1 unspecified atom stereocenters. The predicted molar refractivity (Wildman–Crippen MR) is 80.4 cm³/mol. The number of nitrogens with one attached hydrogen (secondary N) is 1. The van der Waals surface area contributed by atoms with Crippen LogP contribution in [0.4, 0.5) is 0 Å². The quantitative estimate of drug-likeness (QED) is 0.825. The van der Waals surface area contributed by atoms with Crippen LogP contribution in [-0.4, -0.2) is 61.2 Å². The average molecular weight is 276 g/mol. The van der Waals surface area contributed by atoms with E-state index in [0.717, 1.165) is 25.7 Å². The zero-order valence-corrected chi connectivity index (χ0v) is 12.8. The summed E-state index contributed by atoms with van der Waals surface area (Å²) in [5.74, 6) is 0.574. The molecule has 20 heavy (non-hydrogen) atoms. The van der Waals surface area contributed by atoms with E-state index in [1.807, 2.05) is 7.05 Å². The smallest absolute Gasteiger partial charge is 0.122 e. The van der Waals surface area contributed by atoms with Gasteiger partial charge in [-0.15, -0.1) is 0 Å². The van der Waals surface area contributed by atoms with E-state index in [4.69, 9.17) is 0 Å². The summed E-state index contributed by atoms with van der Waals surface area (Å²) in [6, 6.07) is 3.43. The second-order valence-corrected chi connectivity index (χ2v) is 6.86. The van der Waals surface area contributed by atoms with E-state index >= 15 is 0 Å². The molecule has 3 fully saturated rings.